The van der Waals surface area contributed by atoms with Gasteiger partial charge < -0.3 is 19.7 Å². The molecule has 2 aromatic heterocycles. The van der Waals surface area contributed by atoms with E-state index >= 15 is 0 Å². The second-order valence-corrected chi connectivity index (χ2v) is 9.97. The predicted molar refractivity (Wildman–Crippen MR) is 139 cm³/mol. The van der Waals surface area contributed by atoms with Gasteiger partial charge >= 0.3 is 0 Å². The van der Waals surface area contributed by atoms with Crippen LogP contribution < -0.4 is 15.6 Å². The van der Waals surface area contributed by atoms with E-state index in [2.05, 4.69) is 15.2 Å². The molecule has 11 heteroatoms. The van der Waals surface area contributed by atoms with Crippen LogP contribution in [0.15, 0.2) is 46.2 Å². The number of piperidine rings is 1. The van der Waals surface area contributed by atoms with Crippen LogP contribution in [0.2, 0.25) is 0 Å². The fourth-order valence-corrected chi connectivity index (χ4v) is 6.10. The Labute approximate surface area is 218 Å². The molecular weight excluding hydrogens is 514 g/mol. The van der Waals surface area contributed by atoms with Crippen molar-refractivity contribution in [3.8, 4) is 5.75 Å². The minimum Gasteiger partial charge on any atom is -0.480 e. The molecule has 1 unspecified atom stereocenters. The van der Waals surface area contributed by atoms with Crippen LogP contribution in [0.4, 0.5) is 4.39 Å². The van der Waals surface area contributed by atoms with Crippen LogP contribution >= 0.6 is 36.6 Å². The third-order valence-electron chi connectivity index (χ3n) is 6.95. The Balaban J connectivity index is 0.00000144. The van der Waals surface area contributed by atoms with E-state index in [1.807, 2.05) is 6.07 Å². The average Bonchev–Trinajstić information content (AvgIpc) is 3.43. The molecule has 5 heterocycles. The maximum atomic E-state index is 14.8. The van der Waals surface area contributed by atoms with E-state index < -0.39 is 6.10 Å². The summed E-state index contributed by atoms with van der Waals surface area (Å²) in [6, 6.07) is 8.55. The summed E-state index contributed by atoms with van der Waals surface area (Å²) in [7, 11) is 0. The number of thioether (sulfide) groups is 1. The number of fused-ring (bicyclic) bond motifs is 1. The van der Waals surface area contributed by atoms with Crippen molar-refractivity contribution in [1.82, 2.24) is 19.8 Å². The number of aromatic nitrogens is 2. The van der Waals surface area contributed by atoms with Crippen LogP contribution in [0.25, 0.3) is 10.9 Å². The van der Waals surface area contributed by atoms with E-state index in [-0.39, 0.29) is 48.2 Å². The van der Waals surface area contributed by atoms with Crippen molar-refractivity contribution in [2.45, 2.75) is 42.5 Å². The molecule has 0 bridgehead atoms. The van der Waals surface area contributed by atoms with Crippen molar-refractivity contribution in [1.29, 1.82) is 0 Å². The smallest absolute Gasteiger partial charge is 0.251 e. The summed E-state index contributed by atoms with van der Waals surface area (Å²) in [4.78, 5) is 20.1. The van der Waals surface area contributed by atoms with Gasteiger partial charge in [-0.3, -0.25) is 14.7 Å². The van der Waals surface area contributed by atoms with E-state index in [4.69, 9.17) is 4.74 Å². The number of nitrogens with one attached hydrogen (secondary N) is 1. The Hall–Kier alpha value is -1.88. The lowest BCUT2D eigenvalue weighted by Gasteiger charge is -2.37. The number of β-amino-alcohol motifs (C(OH)–C–C–N with tert-alkyl or cyclic N) is 1. The molecule has 6 rings (SSSR count). The number of hydrogen-bond donors (Lipinski definition) is 2. The minimum atomic E-state index is -0.530. The highest BCUT2D eigenvalue weighted by Crippen LogP contribution is 2.36. The minimum absolute atomic E-state index is 0. The molecule has 0 spiro atoms. The van der Waals surface area contributed by atoms with Crippen molar-refractivity contribution < 1.29 is 14.2 Å². The first kappa shape index (κ1) is 26.2. The standard InChI is InChI=1S/C24H25FN4O3S.2ClH/c25-17-3-1-14-2-4-22(31)29-11-15(23(17)24(14)29)10-28-6-5-18(19(30)12-28)27-8-16-7-21-20(9-26-16)32-13-33-21;;/h1-4,7,9,15,18-19,27,30H,5-6,8,10-13H2;2*1H/t15?,18-,19+;;/m0../s1. The Kier molecular flexibility index (Phi) is 7.95. The number of aliphatic hydroxyl groups is 1. The molecule has 1 saturated heterocycles. The molecule has 3 aliphatic rings. The van der Waals surface area contributed by atoms with Gasteiger partial charge in [-0.1, -0.05) is 11.8 Å². The Morgan fingerprint density at radius 2 is 2.06 bits per heavy atom. The van der Waals surface area contributed by atoms with Gasteiger partial charge in [-0.05, 0) is 42.6 Å². The molecule has 2 N–H and O–H groups in total. The third kappa shape index (κ3) is 4.90. The monoisotopic (exact) mass is 540 g/mol. The van der Waals surface area contributed by atoms with Gasteiger partial charge in [0.2, 0.25) is 0 Å². The molecule has 3 atom stereocenters. The maximum Gasteiger partial charge on any atom is 0.251 e. The summed E-state index contributed by atoms with van der Waals surface area (Å²) in [5.41, 5.74) is 2.18. The topological polar surface area (TPSA) is 79.6 Å². The number of benzene rings is 1. The zero-order chi connectivity index (χ0) is 22.5. The van der Waals surface area contributed by atoms with Crippen molar-refractivity contribution in [3.63, 3.8) is 0 Å². The number of rotatable bonds is 5. The van der Waals surface area contributed by atoms with Crippen LogP contribution in [0.1, 0.15) is 23.6 Å². The summed E-state index contributed by atoms with van der Waals surface area (Å²) >= 11 is 1.66. The molecule has 3 aliphatic heterocycles. The quantitative estimate of drug-likeness (QED) is 0.514. The molecular formula is C24H27Cl2FN4O3S. The normalized spacial score (nSPS) is 22.9. The Morgan fingerprint density at radius 1 is 1.23 bits per heavy atom. The summed E-state index contributed by atoms with van der Waals surface area (Å²) in [5, 5.41) is 15.1. The summed E-state index contributed by atoms with van der Waals surface area (Å²) in [6.07, 6.45) is 2.02. The highest BCUT2D eigenvalue weighted by molar-refractivity contribution is 7.99. The largest absolute Gasteiger partial charge is 0.480 e. The van der Waals surface area contributed by atoms with E-state index in [0.29, 0.717) is 37.7 Å². The Bertz CT molecular complexity index is 1290. The molecule has 0 saturated carbocycles. The van der Waals surface area contributed by atoms with Crippen molar-refractivity contribution in [3.05, 3.63) is 64.0 Å². The van der Waals surface area contributed by atoms with Crippen LogP contribution in [-0.2, 0) is 13.1 Å². The first-order valence-corrected chi connectivity index (χ1v) is 12.3. The van der Waals surface area contributed by atoms with Gasteiger partial charge in [0.15, 0.2) is 5.75 Å². The summed E-state index contributed by atoms with van der Waals surface area (Å²) < 4.78 is 21.9. The van der Waals surface area contributed by atoms with Gasteiger partial charge in [0.05, 0.1) is 28.4 Å². The van der Waals surface area contributed by atoms with Crippen LogP contribution in [0.3, 0.4) is 0 Å². The number of hydrogen-bond acceptors (Lipinski definition) is 7. The van der Waals surface area contributed by atoms with Gasteiger partial charge in [0.1, 0.15) is 11.8 Å². The molecule has 0 radical (unpaired) electrons. The number of aliphatic hydroxyl groups excluding tert-OH is 1. The highest BCUT2D eigenvalue weighted by Gasteiger charge is 2.33. The second kappa shape index (κ2) is 10.6. The average molecular weight is 541 g/mol. The number of likely N-dealkylation sites (tertiary alicyclic amines) is 1. The lowest BCUT2D eigenvalue weighted by atomic mass is 9.96. The number of pyridine rings is 2. The maximum absolute atomic E-state index is 14.8. The van der Waals surface area contributed by atoms with Gasteiger partial charge in [0.25, 0.3) is 5.56 Å². The molecule has 35 heavy (non-hydrogen) atoms. The first-order valence-electron chi connectivity index (χ1n) is 11.3. The van der Waals surface area contributed by atoms with Crippen molar-refractivity contribution in [2.24, 2.45) is 0 Å². The summed E-state index contributed by atoms with van der Waals surface area (Å²) in [5.74, 6) is 1.10. The number of halogens is 3. The van der Waals surface area contributed by atoms with E-state index in [1.165, 1.54) is 6.07 Å². The molecule has 7 nitrogen and oxygen atoms in total. The molecule has 3 aromatic rings. The lowest BCUT2D eigenvalue weighted by molar-refractivity contribution is 0.0367. The fraction of sp³-hybridized carbons (Fsp3) is 0.417. The lowest BCUT2D eigenvalue weighted by Crippen LogP contribution is -2.53. The van der Waals surface area contributed by atoms with Crippen LogP contribution in [-0.4, -0.2) is 57.3 Å². The van der Waals surface area contributed by atoms with E-state index in [0.717, 1.165) is 40.2 Å². The third-order valence-corrected chi connectivity index (χ3v) is 7.82. The summed E-state index contributed by atoms with van der Waals surface area (Å²) in [6.45, 7) is 2.99. The van der Waals surface area contributed by atoms with Crippen molar-refractivity contribution in [2.75, 3.05) is 25.6 Å². The van der Waals surface area contributed by atoms with Crippen LogP contribution in [0.5, 0.6) is 5.75 Å². The Morgan fingerprint density at radius 3 is 2.89 bits per heavy atom. The second-order valence-electron chi connectivity index (χ2n) is 9.01. The van der Waals surface area contributed by atoms with E-state index in [1.54, 1.807) is 40.7 Å². The van der Waals surface area contributed by atoms with Gasteiger partial charge in [-0.25, -0.2) is 4.39 Å². The van der Waals surface area contributed by atoms with Gasteiger partial charge in [-0.2, -0.15) is 0 Å². The number of nitrogens with zero attached hydrogens (tertiary/aromatic N) is 3. The predicted octanol–water partition coefficient (Wildman–Crippen LogP) is 3.14. The molecule has 0 amide bonds. The first-order chi connectivity index (χ1) is 16.1. The SMILES string of the molecule is Cl.Cl.O=c1ccc2ccc(F)c3c2n1CC3CN1CC[C@H](NCc2cc3c(cn2)OCS3)[C@H](O)C1. The van der Waals surface area contributed by atoms with Gasteiger partial charge in [-0.15, -0.1) is 24.8 Å². The van der Waals surface area contributed by atoms with Gasteiger partial charge in [0, 0.05) is 49.8 Å². The van der Waals surface area contributed by atoms with Crippen LogP contribution in [0, 0.1) is 5.82 Å². The van der Waals surface area contributed by atoms with E-state index in [9.17, 15) is 14.3 Å². The number of ether oxygens (including phenoxy) is 1. The zero-order valence-corrected chi connectivity index (χ0v) is 21.3. The highest BCUT2D eigenvalue weighted by atomic mass is 35.5. The molecule has 1 fully saturated rings. The molecule has 0 aliphatic carbocycles. The molecule has 1 aromatic carbocycles. The zero-order valence-electron chi connectivity index (χ0n) is 18.9. The fourth-order valence-electron chi connectivity index (χ4n) is 5.32. The molecule has 188 valence electrons. The van der Waals surface area contributed by atoms with Crippen molar-refractivity contribution >= 4 is 47.5 Å².